The molecule has 1 aromatic rings. The van der Waals surface area contributed by atoms with Crippen LogP contribution >= 0.6 is 0 Å². The van der Waals surface area contributed by atoms with Crippen LogP contribution in [0.2, 0.25) is 0 Å². The summed E-state index contributed by atoms with van der Waals surface area (Å²) in [5, 5.41) is 2.95. The molecule has 3 N–H and O–H groups in total. The quantitative estimate of drug-likeness (QED) is 0.743. The van der Waals surface area contributed by atoms with Gasteiger partial charge in [-0.15, -0.1) is 0 Å². The van der Waals surface area contributed by atoms with Gasteiger partial charge in [-0.05, 0) is 6.07 Å². The lowest BCUT2D eigenvalue weighted by molar-refractivity contribution is 0.165. The van der Waals surface area contributed by atoms with E-state index >= 15 is 0 Å². The van der Waals surface area contributed by atoms with Crippen LogP contribution in [0.4, 0.5) is 18.0 Å². The standard InChI is InChI=1S/C11H12F3N3O/c12-7-4-9(14)8(13)3-6(7)10-5-16-1-2-17(10)11(15)18/h3-4,10,16H,1-2,5H2,(H2,15,18). The van der Waals surface area contributed by atoms with E-state index in [0.717, 1.165) is 6.07 Å². The van der Waals surface area contributed by atoms with Gasteiger partial charge < -0.3 is 16.0 Å². The van der Waals surface area contributed by atoms with Gasteiger partial charge in [0.05, 0.1) is 6.04 Å². The molecule has 1 atom stereocenters. The highest BCUT2D eigenvalue weighted by atomic mass is 19.2. The van der Waals surface area contributed by atoms with Crippen LogP contribution in [-0.2, 0) is 0 Å². The molecule has 0 aromatic heterocycles. The Kier molecular flexibility index (Phi) is 3.42. The second-order valence-electron chi connectivity index (χ2n) is 4.04. The molecule has 1 aliphatic rings. The van der Waals surface area contributed by atoms with E-state index in [1.54, 1.807) is 0 Å². The summed E-state index contributed by atoms with van der Waals surface area (Å²) in [4.78, 5) is 12.5. The summed E-state index contributed by atoms with van der Waals surface area (Å²) in [7, 11) is 0. The summed E-state index contributed by atoms with van der Waals surface area (Å²) in [5.74, 6) is -3.30. The first-order chi connectivity index (χ1) is 8.50. The highest BCUT2D eigenvalue weighted by Crippen LogP contribution is 2.26. The average molecular weight is 259 g/mol. The Labute approximate surface area is 102 Å². The molecule has 4 nitrogen and oxygen atoms in total. The molecule has 1 unspecified atom stereocenters. The number of hydrogen-bond acceptors (Lipinski definition) is 2. The van der Waals surface area contributed by atoms with Crippen LogP contribution in [0.3, 0.4) is 0 Å². The molecular weight excluding hydrogens is 247 g/mol. The van der Waals surface area contributed by atoms with Gasteiger partial charge in [0.15, 0.2) is 11.6 Å². The molecule has 2 rings (SSSR count). The number of urea groups is 1. The van der Waals surface area contributed by atoms with Gasteiger partial charge in [-0.1, -0.05) is 0 Å². The van der Waals surface area contributed by atoms with E-state index in [-0.39, 0.29) is 12.1 Å². The van der Waals surface area contributed by atoms with E-state index in [2.05, 4.69) is 5.32 Å². The maximum Gasteiger partial charge on any atom is 0.315 e. The Hall–Kier alpha value is -1.76. The fourth-order valence-electron chi connectivity index (χ4n) is 2.04. The number of benzene rings is 1. The molecule has 18 heavy (non-hydrogen) atoms. The molecule has 0 aliphatic carbocycles. The van der Waals surface area contributed by atoms with Gasteiger partial charge in [-0.3, -0.25) is 0 Å². The van der Waals surface area contributed by atoms with Crippen molar-refractivity contribution in [1.29, 1.82) is 0 Å². The van der Waals surface area contributed by atoms with E-state index < -0.39 is 29.5 Å². The predicted octanol–water partition coefficient (Wildman–Crippen LogP) is 1.13. The first kappa shape index (κ1) is 12.7. The fraction of sp³-hybridized carbons (Fsp3) is 0.364. The highest BCUT2D eigenvalue weighted by molar-refractivity contribution is 5.72. The maximum atomic E-state index is 13.6. The summed E-state index contributed by atoms with van der Waals surface area (Å²) < 4.78 is 39.6. The van der Waals surface area contributed by atoms with Crippen LogP contribution in [0, 0.1) is 17.5 Å². The summed E-state index contributed by atoms with van der Waals surface area (Å²) in [6.07, 6.45) is 0. The summed E-state index contributed by atoms with van der Waals surface area (Å²) in [5.41, 5.74) is 5.10. The number of carbonyl (C=O) groups excluding carboxylic acids is 1. The number of nitrogens with two attached hydrogens (primary N) is 1. The third kappa shape index (κ3) is 2.26. The van der Waals surface area contributed by atoms with E-state index in [9.17, 15) is 18.0 Å². The second kappa shape index (κ2) is 4.85. The second-order valence-corrected chi connectivity index (χ2v) is 4.04. The van der Waals surface area contributed by atoms with Crippen LogP contribution in [0.5, 0.6) is 0 Å². The first-order valence-corrected chi connectivity index (χ1v) is 5.42. The monoisotopic (exact) mass is 259 g/mol. The largest absolute Gasteiger partial charge is 0.351 e. The lowest BCUT2D eigenvalue weighted by Crippen LogP contribution is -2.50. The number of amides is 2. The molecule has 0 bridgehead atoms. The lowest BCUT2D eigenvalue weighted by atomic mass is 10.0. The summed E-state index contributed by atoms with van der Waals surface area (Å²) in [6, 6.07) is -0.214. The molecular formula is C11H12F3N3O. The minimum absolute atomic E-state index is 0.0834. The van der Waals surface area contributed by atoms with E-state index in [4.69, 9.17) is 5.73 Å². The van der Waals surface area contributed by atoms with Crippen LogP contribution in [-0.4, -0.2) is 30.6 Å². The third-order valence-electron chi connectivity index (χ3n) is 2.93. The zero-order chi connectivity index (χ0) is 13.3. The van der Waals surface area contributed by atoms with Crippen molar-refractivity contribution in [2.75, 3.05) is 19.6 Å². The number of hydrogen-bond donors (Lipinski definition) is 2. The van der Waals surface area contributed by atoms with Gasteiger partial charge in [0, 0.05) is 31.3 Å². The number of rotatable bonds is 1. The molecule has 0 spiro atoms. The van der Waals surface area contributed by atoms with E-state index in [1.165, 1.54) is 4.90 Å². The average Bonchev–Trinajstić information content (AvgIpc) is 2.34. The van der Waals surface area contributed by atoms with Crippen LogP contribution in [0.1, 0.15) is 11.6 Å². The Bertz CT molecular complexity index is 481. The van der Waals surface area contributed by atoms with Crippen molar-refractivity contribution in [3.8, 4) is 0 Å². The SMILES string of the molecule is NC(=O)N1CCNCC1c1cc(F)c(F)cc1F. The van der Waals surface area contributed by atoms with Crippen molar-refractivity contribution in [2.45, 2.75) is 6.04 Å². The lowest BCUT2D eigenvalue weighted by Gasteiger charge is -2.35. The minimum Gasteiger partial charge on any atom is -0.351 e. The molecule has 7 heteroatoms. The number of primary amides is 1. The van der Waals surface area contributed by atoms with Gasteiger partial charge >= 0.3 is 6.03 Å². The molecule has 1 aliphatic heterocycles. The minimum atomic E-state index is -1.26. The number of halogens is 3. The molecule has 1 saturated heterocycles. The van der Waals surface area contributed by atoms with E-state index in [1.807, 2.05) is 0 Å². The van der Waals surface area contributed by atoms with E-state index in [0.29, 0.717) is 19.2 Å². The van der Waals surface area contributed by atoms with Gasteiger partial charge in [-0.2, -0.15) is 0 Å². The fourth-order valence-corrected chi connectivity index (χ4v) is 2.04. The van der Waals surface area contributed by atoms with Gasteiger partial charge in [0.1, 0.15) is 5.82 Å². The smallest absolute Gasteiger partial charge is 0.315 e. The molecule has 0 saturated carbocycles. The van der Waals surface area contributed by atoms with Crippen molar-refractivity contribution in [2.24, 2.45) is 5.73 Å². The van der Waals surface area contributed by atoms with Crippen LogP contribution < -0.4 is 11.1 Å². The highest BCUT2D eigenvalue weighted by Gasteiger charge is 2.29. The van der Waals surface area contributed by atoms with Gasteiger partial charge in [-0.25, -0.2) is 18.0 Å². The maximum absolute atomic E-state index is 13.6. The number of nitrogens with one attached hydrogen (secondary N) is 1. The third-order valence-corrected chi connectivity index (χ3v) is 2.93. The molecule has 98 valence electrons. The van der Waals surface area contributed by atoms with Crippen molar-refractivity contribution in [1.82, 2.24) is 10.2 Å². The Morgan fingerprint density at radius 3 is 2.61 bits per heavy atom. The Morgan fingerprint density at radius 2 is 1.94 bits per heavy atom. The van der Waals surface area contributed by atoms with Crippen LogP contribution in [0.15, 0.2) is 12.1 Å². The van der Waals surface area contributed by atoms with Crippen LogP contribution in [0.25, 0.3) is 0 Å². The topological polar surface area (TPSA) is 58.4 Å². The van der Waals surface area contributed by atoms with Crippen molar-refractivity contribution < 1.29 is 18.0 Å². The first-order valence-electron chi connectivity index (χ1n) is 5.42. The normalized spacial score (nSPS) is 19.9. The summed E-state index contributed by atoms with van der Waals surface area (Å²) in [6.45, 7) is 1.05. The number of nitrogens with zero attached hydrogens (tertiary/aromatic N) is 1. The molecule has 2 amide bonds. The Morgan fingerprint density at radius 1 is 1.28 bits per heavy atom. The zero-order valence-corrected chi connectivity index (χ0v) is 9.42. The molecule has 1 fully saturated rings. The summed E-state index contributed by atoms with van der Waals surface area (Å²) >= 11 is 0. The van der Waals surface area contributed by atoms with Gasteiger partial charge in [0.25, 0.3) is 0 Å². The number of carbonyl (C=O) groups is 1. The molecule has 1 aromatic carbocycles. The predicted molar refractivity (Wildman–Crippen MR) is 58.2 cm³/mol. The Balaban J connectivity index is 2.39. The number of piperazine rings is 1. The molecule has 1 heterocycles. The zero-order valence-electron chi connectivity index (χ0n) is 9.42. The molecule has 0 radical (unpaired) electrons. The van der Waals surface area contributed by atoms with Crippen molar-refractivity contribution >= 4 is 6.03 Å². The van der Waals surface area contributed by atoms with Crippen molar-refractivity contribution in [3.63, 3.8) is 0 Å². The van der Waals surface area contributed by atoms with Crippen molar-refractivity contribution in [3.05, 3.63) is 35.1 Å². The van der Waals surface area contributed by atoms with Gasteiger partial charge in [0.2, 0.25) is 0 Å².